The van der Waals surface area contributed by atoms with Gasteiger partial charge >= 0.3 is 12.4 Å². The van der Waals surface area contributed by atoms with Crippen molar-refractivity contribution < 1.29 is 26.3 Å². The normalized spacial score (nSPS) is 14.3. The van der Waals surface area contributed by atoms with Gasteiger partial charge in [0.25, 0.3) is 0 Å². The first-order chi connectivity index (χ1) is 27.3. The molecule has 4 nitrogen and oxygen atoms in total. The molecule has 6 aromatic rings. The summed E-state index contributed by atoms with van der Waals surface area (Å²) in [4.78, 5) is 14.0. The van der Waals surface area contributed by atoms with E-state index in [1.807, 2.05) is 116 Å². The summed E-state index contributed by atoms with van der Waals surface area (Å²) in [6, 6.07) is 39.8. The van der Waals surface area contributed by atoms with E-state index in [0.717, 1.165) is 38.9 Å². The van der Waals surface area contributed by atoms with Gasteiger partial charge in [0.15, 0.2) is 0 Å². The topological polar surface area (TPSA) is 31.2 Å². The highest BCUT2D eigenvalue weighted by Crippen LogP contribution is 2.41. The first-order valence-corrected chi connectivity index (χ1v) is 18.7. The van der Waals surface area contributed by atoms with Gasteiger partial charge in [-0.1, -0.05) is 121 Å². The number of para-hydroxylation sites is 2. The summed E-state index contributed by atoms with van der Waals surface area (Å²) in [6.07, 6.45) is -9.61. The standard InChI is InChI=1S/C46H37ClF6N4/c1-30-14-11-15-31(2)41(30)44(55-42-37(32-16-5-3-6-17-32)20-12-21-38(42)33-18-7-4-8-19-33)57-25-13-24-56(29-57)43(54-40-23-10-9-22-39(40)47)34-26-35(45(48,49)50)28-36(27-34)46(51,52)53/h3-12,14-23,26-28H,13,24-25,29H2,1-2H3/b54-43+,55-44+. The Bertz CT molecular complexity index is 2330. The molecule has 0 atom stereocenters. The summed E-state index contributed by atoms with van der Waals surface area (Å²) < 4.78 is 85.3. The second-order valence-corrected chi connectivity index (χ2v) is 14.2. The number of aliphatic imine (C=N–C) groups is 2. The largest absolute Gasteiger partial charge is 0.416 e. The van der Waals surface area contributed by atoms with Crippen molar-refractivity contribution in [2.24, 2.45) is 9.98 Å². The van der Waals surface area contributed by atoms with Crippen LogP contribution in [0.25, 0.3) is 22.3 Å². The Morgan fingerprint density at radius 1 is 0.561 bits per heavy atom. The minimum absolute atomic E-state index is 0.0433. The van der Waals surface area contributed by atoms with Crippen molar-refractivity contribution in [1.82, 2.24) is 9.80 Å². The van der Waals surface area contributed by atoms with Crippen LogP contribution >= 0.6 is 11.6 Å². The van der Waals surface area contributed by atoms with Crippen LogP contribution in [0.3, 0.4) is 0 Å². The van der Waals surface area contributed by atoms with E-state index >= 15 is 0 Å². The van der Waals surface area contributed by atoms with Crippen molar-refractivity contribution in [2.45, 2.75) is 32.6 Å². The number of aryl methyl sites for hydroxylation is 2. The molecule has 7 rings (SSSR count). The number of hydrogen-bond donors (Lipinski definition) is 0. The van der Waals surface area contributed by atoms with E-state index in [1.54, 1.807) is 29.2 Å². The third kappa shape index (κ3) is 8.76. The summed E-state index contributed by atoms with van der Waals surface area (Å²) in [6.45, 7) is 4.81. The van der Waals surface area contributed by atoms with Gasteiger partial charge < -0.3 is 9.80 Å². The van der Waals surface area contributed by atoms with Crippen molar-refractivity contribution in [3.63, 3.8) is 0 Å². The van der Waals surface area contributed by atoms with Crippen molar-refractivity contribution in [3.05, 3.63) is 178 Å². The van der Waals surface area contributed by atoms with Gasteiger partial charge in [-0.3, -0.25) is 0 Å². The molecule has 1 aliphatic rings. The van der Waals surface area contributed by atoms with E-state index in [-0.39, 0.29) is 41.4 Å². The maximum Gasteiger partial charge on any atom is 0.416 e. The molecule has 1 heterocycles. The predicted octanol–water partition coefficient (Wildman–Crippen LogP) is 13.2. The fourth-order valence-electron chi connectivity index (χ4n) is 7.13. The Balaban J connectivity index is 1.44. The molecule has 11 heteroatoms. The van der Waals surface area contributed by atoms with Crippen LogP contribution in [-0.2, 0) is 12.4 Å². The minimum Gasteiger partial charge on any atom is -0.338 e. The van der Waals surface area contributed by atoms with E-state index in [1.165, 1.54) is 0 Å². The molecule has 1 saturated heterocycles. The number of benzene rings is 6. The Hall–Kier alpha value is -5.87. The molecular weight excluding hydrogens is 758 g/mol. The van der Waals surface area contributed by atoms with E-state index < -0.39 is 23.5 Å². The Kier molecular flexibility index (Phi) is 11.3. The molecule has 0 aromatic heterocycles. The van der Waals surface area contributed by atoms with Gasteiger partial charge in [0, 0.05) is 35.3 Å². The maximum absolute atomic E-state index is 14.2. The number of hydrogen-bond acceptors (Lipinski definition) is 2. The van der Waals surface area contributed by atoms with E-state index in [9.17, 15) is 26.3 Å². The SMILES string of the molecule is Cc1cccc(C)c1/C(=N\c1c(-c2ccccc2)cccc1-c1ccccc1)N1CCCN(/C(=N/c2ccccc2Cl)c2cc(C(F)(F)F)cc(C(F)(F)F)c2)C1. The highest BCUT2D eigenvalue weighted by Gasteiger charge is 2.38. The summed E-state index contributed by atoms with van der Waals surface area (Å²) in [5.41, 5.74) is 4.14. The average molecular weight is 795 g/mol. The molecule has 0 radical (unpaired) electrons. The molecule has 0 N–H and O–H groups in total. The number of amidine groups is 2. The van der Waals surface area contributed by atoms with E-state index in [2.05, 4.69) is 0 Å². The minimum atomic E-state index is -5.05. The summed E-state index contributed by atoms with van der Waals surface area (Å²) in [5, 5.41) is 0.190. The van der Waals surface area contributed by atoms with Crippen molar-refractivity contribution in [2.75, 3.05) is 19.8 Å². The Labute approximate surface area is 332 Å². The van der Waals surface area contributed by atoms with Gasteiger partial charge in [0.05, 0.1) is 34.2 Å². The van der Waals surface area contributed by atoms with Crippen LogP contribution < -0.4 is 0 Å². The fraction of sp³-hybridized carbons (Fsp3) is 0.174. The van der Waals surface area contributed by atoms with Gasteiger partial charge in [-0.25, -0.2) is 9.98 Å². The maximum atomic E-state index is 14.2. The van der Waals surface area contributed by atoms with Crippen LogP contribution in [0.5, 0.6) is 0 Å². The number of nitrogens with zero attached hydrogens (tertiary/aromatic N) is 4. The molecule has 290 valence electrons. The molecule has 0 amide bonds. The third-order valence-corrected chi connectivity index (χ3v) is 10.2. The van der Waals surface area contributed by atoms with Gasteiger partial charge in [0.1, 0.15) is 11.7 Å². The van der Waals surface area contributed by atoms with Crippen molar-refractivity contribution in [3.8, 4) is 22.3 Å². The van der Waals surface area contributed by atoms with Crippen molar-refractivity contribution >= 4 is 34.6 Å². The molecule has 0 bridgehead atoms. The fourth-order valence-corrected chi connectivity index (χ4v) is 7.31. The summed E-state index contributed by atoms with van der Waals surface area (Å²) in [5.74, 6) is 0.521. The monoisotopic (exact) mass is 794 g/mol. The average Bonchev–Trinajstić information content (AvgIpc) is 3.20. The molecule has 0 aliphatic carbocycles. The first kappa shape index (κ1) is 39.4. The van der Waals surface area contributed by atoms with Crippen LogP contribution in [0.1, 0.15) is 39.8 Å². The molecule has 0 unspecified atom stereocenters. The molecule has 0 saturated carbocycles. The van der Waals surface area contributed by atoms with Gasteiger partial charge in [0.2, 0.25) is 0 Å². The lowest BCUT2D eigenvalue weighted by molar-refractivity contribution is -0.143. The van der Waals surface area contributed by atoms with Gasteiger partial charge in [-0.05, 0) is 72.9 Å². The molecule has 6 aromatic carbocycles. The zero-order chi connectivity index (χ0) is 40.3. The lowest BCUT2D eigenvalue weighted by Gasteiger charge is -2.40. The summed E-state index contributed by atoms with van der Waals surface area (Å²) in [7, 11) is 0. The number of halogens is 7. The van der Waals surface area contributed by atoms with E-state index in [4.69, 9.17) is 21.6 Å². The third-order valence-electron chi connectivity index (χ3n) is 9.85. The van der Waals surface area contributed by atoms with Crippen LogP contribution in [-0.4, -0.2) is 41.2 Å². The lowest BCUT2D eigenvalue weighted by atomic mass is 9.95. The van der Waals surface area contributed by atoms with Gasteiger partial charge in [-0.2, -0.15) is 26.3 Å². The molecule has 1 fully saturated rings. The smallest absolute Gasteiger partial charge is 0.338 e. The molecule has 1 aliphatic heterocycles. The van der Waals surface area contributed by atoms with Gasteiger partial charge in [-0.15, -0.1) is 0 Å². The second kappa shape index (κ2) is 16.3. The highest BCUT2D eigenvalue weighted by molar-refractivity contribution is 6.33. The zero-order valence-corrected chi connectivity index (χ0v) is 31.8. The quantitative estimate of drug-likeness (QED) is 0.0955. The molecule has 57 heavy (non-hydrogen) atoms. The van der Waals surface area contributed by atoms with E-state index in [0.29, 0.717) is 36.6 Å². The van der Waals surface area contributed by atoms with Crippen LogP contribution in [0.15, 0.2) is 150 Å². The second-order valence-electron chi connectivity index (χ2n) is 13.8. The summed E-state index contributed by atoms with van der Waals surface area (Å²) >= 11 is 6.50. The predicted molar refractivity (Wildman–Crippen MR) is 216 cm³/mol. The van der Waals surface area contributed by atoms with Crippen LogP contribution in [0.4, 0.5) is 37.7 Å². The first-order valence-electron chi connectivity index (χ1n) is 18.3. The molecular formula is C46H37ClF6N4. The number of alkyl halides is 6. The zero-order valence-electron chi connectivity index (χ0n) is 31.0. The Morgan fingerprint density at radius 3 is 1.58 bits per heavy atom. The lowest BCUT2D eigenvalue weighted by Crippen LogP contribution is -2.50. The van der Waals surface area contributed by atoms with Crippen LogP contribution in [0, 0.1) is 13.8 Å². The number of rotatable bonds is 6. The molecule has 0 spiro atoms. The Morgan fingerprint density at radius 2 is 1.05 bits per heavy atom. The van der Waals surface area contributed by atoms with Crippen molar-refractivity contribution in [1.29, 1.82) is 0 Å². The highest BCUT2D eigenvalue weighted by atomic mass is 35.5. The van der Waals surface area contributed by atoms with Crippen LogP contribution in [0.2, 0.25) is 5.02 Å².